The van der Waals surface area contributed by atoms with Crippen molar-refractivity contribution < 1.29 is 19.4 Å². The van der Waals surface area contributed by atoms with Crippen LogP contribution < -0.4 is 9.64 Å². The van der Waals surface area contributed by atoms with Crippen molar-refractivity contribution in [1.82, 2.24) is 0 Å². The summed E-state index contributed by atoms with van der Waals surface area (Å²) in [4.78, 5) is 28.0. The van der Waals surface area contributed by atoms with Crippen LogP contribution >= 0.6 is 0 Å². The number of aliphatic hydroxyl groups is 1. The number of amides is 1. The van der Waals surface area contributed by atoms with E-state index in [-0.39, 0.29) is 11.3 Å². The molecule has 5 nitrogen and oxygen atoms in total. The Morgan fingerprint density at radius 3 is 2.59 bits per heavy atom. The van der Waals surface area contributed by atoms with Gasteiger partial charge in [-0.15, -0.1) is 0 Å². The van der Waals surface area contributed by atoms with Crippen molar-refractivity contribution in [1.29, 1.82) is 0 Å². The third-order valence-electron chi connectivity index (χ3n) is 6.17. The van der Waals surface area contributed by atoms with E-state index in [0.717, 1.165) is 34.4 Å². The van der Waals surface area contributed by atoms with Gasteiger partial charge in [-0.2, -0.15) is 0 Å². The molecule has 1 unspecified atom stereocenters. The number of anilines is 1. The van der Waals surface area contributed by atoms with Crippen LogP contribution in [0.3, 0.4) is 0 Å². The van der Waals surface area contributed by atoms with E-state index >= 15 is 0 Å². The first-order valence-corrected chi connectivity index (χ1v) is 10.6. The molecule has 1 fully saturated rings. The van der Waals surface area contributed by atoms with Crippen LogP contribution in [0.15, 0.2) is 72.3 Å². The SMILES string of the molecule is Cc1cccc(N2C(=O)C(=O)/C(=C(/O)c3ccc4c(c3)CCO4)C2c2ccccc2C)c1. The molecule has 0 spiro atoms. The smallest absolute Gasteiger partial charge is 0.300 e. The predicted molar refractivity (Wildman–Crippen MR) is 123 cm³/mol. The highest BCUT2D eigenvalue weighted by atomic mass is 16.5. The molecule has 1 atom stereocenters. The van der Waals surface area contributed by atoms with Crippen LogP contribution in [0.25, 0.3) is 5.76 Å². The summed E-state index contributed by atoms with van der Waals surface area (Å²) in [7, 11) is 0. The lowest BCUT2D eigenvalue weighted by molar-refractivity contribution is -0.132. The van der Waals surface area contributed by atoms with Crippen LogP contribution in [0.5, 0.6) is 5.75 Å². The topological polar surface area (TPSA) is 66.8 Å². The highest BCUT2D eigenvalue weighted by molar-refractivity contribution is 6.51. The molecule has 3 aromatic rings. The number of benzene rings is 3. The number of hydrogen-bond acceptors (Lipinski definition) is 4. The van der Waals surface area contributed by atoms with Gasteiger partial charge in [0, 0.05) is 17.7 Å². The van der Waals surface area contributed by atoms with Gasteiger partial charge in [-0.25, -0.2) is 0 Å². The van der Waals surface area contributed by atoms with Gasteiger partial charge in [-0.1, -0.05) is 36.4 Å². The number of aryl methyl sites for hydroxylation is 2. The molecular weight excluding hydrogens is 402 g/mol. The van der Waals surface area contributed by atoms with Gasteiger partial charge in [0.15, 0.2) is 0 Å². The number of aliphatic hydroxyl groups excluding tert-OH is 1. The largest absolute Gasteiger partial charge is 0.507 e. The van der Waals surface area contributed by atoms with Crippen molar-refractivity contribution >= 4 is 23.1 Å². The van der Waals surface area contributed by atoms with Crippen molar-refractivity contribution in [2.24, 2.45) is 0 Å². The molecule has 2 heterocycles. The number of rotatable bonds is 3. The van der Waals surface area contributed by atoms with E-state index in [1.807, 2.05) is 68.4 Å². The summed E-state index contributed by atoms with van der Waals surface area (Å²) in [5.74, 6) is -0.706. The second-order valence-corrected chi connectivity index (χ2v) is 8.29. The van der Waals surface area contributed by atoms with E-state index in [2.05, 4.69) is 0 Å². The zero-order valence-electron chi connectivity index (χ0n) is 18.0. The molecule has 160 valence electrons. The van der Waals surface area contributed by atoms with Crippen molar-refractivity contribution in [3.63, 3.8) is 0 Å². The Morgan fingerprint density at radius 1 is 1.00 bits per heavy atom. The number of carbonyl (C=O) groups excluding carboxylic acids is 2. The summed E-state index contributed by atoms with van der Waals surface area (Å²) < 4.78 is 5.56. The Balaban J connectivity index is 1.73. The molecule has 2 aliphatic rings. The molecule has 0 bridgehead atoms. The number of hydrogen-bond donors (Lipinski definition) is 1. The monoisotopic (exact) mass is 425 g/mol. The third kappa shape index (κ3) is 3.17. The maximum Gasteiger partial charge on any atom is 0.300 e. The first-order chi connectivity index (χ1) is 15.5. The van der Waals surface area contributed by atoms with Crippen molar-refractivity contribution in [2.75, 3.05) is 11.5 Å². The minimum Gasteiger partial charge on any atom is -0.507 e. The average Bonchev–Trinajstić information content (AvgIpc) is 3.36. The summed E-state index contributed by atoms with van der Waals surface area (Å²) in [6, 6.07) is 19.8. The number of ketones is 1. The van der Waals surface area contributed by atoms with Gasteiger partial charge >= 0.3 is 0 Å². The summed E-state index contributed by atoms with van der Waals surface area (Å²) in [6.45, 7) is 4.48. The molecule has 0 radical (unpaired) electrons. The van der Waals surface area contributed by atoms with Gasteiger partial charge in [0.1, 0.15) is 11.5 Å². The first-order valence-electron chi connectivity index (χ1n) is 10.6. The summed E-state index contributed by atoms with van der Waals surface area (Å²) >= 11 is 0. The van der Waals surface area contributed by atoms with E-state index in [1.54, 1.807) is 12.1 Å². The highest BCUT2D eigenvalue weighted by Gasteiger charge is 2.47. The predicted octanol–water partition coefficient (Wildman–Crippen LogP) is 4.86. The van der Waals surface area contributed by atoms with E-state index in [4.69, 9.17) is 4.74 Å². The number of carbonyl (C=O) groups is 2. The summed E-state index contributed by atoms with van der Waals surface area (Å²) in [6.07, 6.45) is 0.745. The maximum atomic E-state index is 13.3. The molecule has 1 amide bonds. The zero-order valence-corrected chi connectivity index (χ0v) is 18.0. The minimum atomic E-state index is -0.720. The molecule has 1 saturated heterocycles. The minimum absolute atomic E-state index is 0.102. The van der Waals surface area contributed by atoms with Gasteiger partial charge in [0.05, 0.1) is 18.2 Å². The highest BCUT2D eigenvalue weighted by Crippen LogP contribution is 2.43. The Labute approximate surface area is 186 Å². The van der Waals surface area contributed by atoms with Crippen LogP contribution in [0.1, 0.15) is 33.9 Å². The first kappa shape index (κ1) is 20.1. The van der Waals surface area contributed by atoms with Crippen LogP contribution in [-0.4, -0.2) is 23.4 Å². The Bertz CT molecular complexity index is 1290. The Kier molecular flexibility index (Phi) is 4.82. The second-order valence-electron chi connectivity index (χ2n) is 8.29. The molecule has 32 heavy (non-hydrogen) atoms. The van der Waals surface area contributed by atoms with E-state index in [9.17, 15) is 14.7 Å². The standard InChI is InChI=1S/C27H23NO4/c1-16-6-5-8-20(14-16)28-24(21-9-4-3-7-17(21)2)23(26(30)27(28)31)25(29)19-10-11-22-18(15-19)12-13-32-22/h3-11,14-15,24,29H,12-13H2,1-2H3/b25-23+. The lowest BCUT2D eigenvalue weighted by Crippen LogP contribution is -2.29. The van der Waals surface area contributed by atoms with Gasteiger partial charge in [-0.3, -0.25) is 14.5 Å². The van der Waals surface area contributed by atoms with Crippen LogP contribution in [-0.2, 0) is 16.0 Å². The molecule has 5 heteroatoms. The fraction of sp³-hybridized carbons (Fsp3) is 0.185. The van der Waals surface area contributed by atoms with Crippen LogP contribution in [0.4, 0.5) is 5.69 Å². The van der Waals surface area contributed by atoms with E-state index in [1.165, 1.54) is 4.90 Å². The molecule has 1 N–H and O–H groups in total. The van der Waals surface area contributed by atoms with Crippen molar-refractivity contribution in [3.8, 4) is 5.75 Å². The molecule has 3 aromatic carbocycles. The van der Waals surface area contributed by atoms with Crippen LogP contribution in [0.2, 0.25) is 0 Å². The van der Waals surface area contributed by atoms with Gasteiger partial charge < -0.3 is 9.84 Å². The van der Waals surface area contributed by atoms with E-state index < -0.39 is 17.7 Å². The number of Topliss-reactive ketones (excluding diaryl/α,β-unsaturated/α-hetero) is 1. The number of fused-ring (bicyclic) bond motifs is 1. The van der Waals surface area contributed by atoms with Crippen molar-refractivity contribution in [2.45, 2.75) is 26.3 Å². The lowest BCUT2D eigenvalue weighted by Gasteiger charge is -2.27. The van der Waals surface area contributed by atoms with Gasteiger partial charge in [0.2, 0.25) is 0 Å². The molecule has 0 saturated carbocycles. The molecule has 0 aromatic heterocycles. The quantitative estimate of drug-likeness (QED) is 0.370. The Morgan fingerprint density at radius 2 is 1.81 bits per heavy atom. The third-order valence-corrected chi connectivity index (χ3v) is 6.17. The van der Waals surface area contributed by atoms with Gasteiger partial charge in [0.25, 0.3) is 11.7 Å². The number of nitrogens with zero attached hydrogens (tertiary/aromatic N) is 1. The molecule has 0 aliphatic carbocycles. The number of ether oxygens (including phenoxy) is 1. The fourth-order valence-corrected chi connectivity index (χ4v) is 4.55. The normalized spacial score (nSPS) is 19.2. The van der Waals surface area contributed by atoms with E-state index in [0.29, 0.717) is 17.9 Å². The maximum absolute atomic E-state index is 13.3. The zero-order chi connectivity index (χ0) is 22.4. The molecule has 5 rings (SSSR count). The van der Waals surface area contributed by atoms with Crippen molar-refractivity contribution in [3.05, 3.63) is 100 Å². The summed E-state index contributed by atoms with van der Waals surface area (Å²) in [5, 5.41) is 11.3. The van der Waals surface area contributed by atoms with Crippen LogP contribution in [0, 0.1) is 13.8 Å². The molecule has 2 aliphatic heterocycles. The van der Waals surface area contributed by atoms with Gasteiger partial charge in [-0.05, 0) is 66.4 Å². The second kappa shape index (κ2) is 7.68. The average molecular weight is 425 g/mol. The lowest BCUT2D eigenvalue weighted by atomic mass is 9.92. The molecular formula is C27H23NO4. The Hall–Kier alpha value is -3.86. The summed E-state index contributed by atoms with van der Waals surface area (Å²) in [5.41, 5.74) is 4.94. The fourth-order valence-electron chi connectivity index (χ4n) is 4.55.